The average molecular weight is 306 g/mol. The molecule has 6 heteroatoms. The molecule has 1 unspecified atom stereocenters. The Labute approximate surface area is 130 Å². The predicted molar refractivity (Wildman–Crippen MR) is 81.5 cm³/mol. The van der Waals surface area contributed by atoms with Crippen LogP contribution in [0.3, 0.4) is 0 Å². The van der Waals surface area contributed by atoms with Gasteiger partial charge in [-0.05, 0) is 45.0 Å². The first-order valence-corrected chi connectivity index (χ1v) is 7.08. The summed E-state index contributed by atoms with van der Waals surface area (Å²) < 4.78 is 10.5. The summed E-state index contributed by atoms with van der Waals surface area (Å²) in [4.78, 5) is 11.4. The van der Waals surface area contributed by atoms with Gasteiger partial charge in [-0.25, -0.2) is 4.79 Å². The van der Waals surface area contributed by atoms with Crippen LogP contribution < -0.4 is 10.1 Å². The summed E-state index contributed by atoms with van der Waals surface area (Å²) in [7, 11) is 0. The molecule has 1 rings (SSSR count). The van der Waals surface area contributed by atoms with Crippen LogP contribution in [-0.4, -0.2) is 36.1 Å². The summed E-state index contributed by atoms with van der Waals surface area (Å²) in [6.45, 7) is 5.73. The van der Waals surface area contributed by atoms with Crippen LogP contribution >= 0.6 is 0 Å². The van der Waals surface area contributed by atoms with Crippen molar-refractivity contribution in [3.8, 4) is 11.8 Å². The SMILES string of the molecule is CC(C)(C)OC(=O)NCC(O)CCOc1ccc(C#N)cc1. The Morgan fingerprint density at radius 3 is 2.55 bits per heavy atom. The van der Waals surface area contributed by atoms with E-state index in [2.05, 4.69) is 5.32 Å². The first-order valence-electron chi connectivity index (χ1n) is 7.08. The van der Waals surface area contributed by atoms with E-state index in [4.69, 9.17) is 14.7 Å². The van der Waals surface area contributed by atoms with E-state index in [1.165, 1.54) is 0 Å². The summed E-state index contributed by atoms with van der Waals surface area (Å²) in [5, 5.41) is 20.9. The summed E-state index contributed by atoms with van der Waals surface area (Å²) >= 11 is 0. The van der Waals surface area contributed by atoms with Crippen molar-refractivity contribution in [3.63, 3.8) is 0 Å². The largest absolute Gasteiger partial charge is 0.493 e. The van der Waals surface area contributed by atoms with Crippen LogP contribution in [0.15, 0.2) is 24.3 Å². The number of nitrogens with zero attached hydrogens (tertiary/aromatic N) is 1. The van der Waals surface area contributed by atoms with Gasteiger partial charge < -0.3 is 19.9 Å². The molecule has 6 nitrogen and oxygen atoms in total. The molecule has 22 heavy (non-hydrogen) atoms. The molecular formula is C16H22N2O4. The zero-order valence-electron chi connectivity index (χ0n) is 13.1. The molecule has 0 radical (unpaired) electrons. The quantitative estimate of drug-likeness (QED) is 0.840. The Bertz CT molecular complexity index is 514. The molecule has 0 aliphatic heterocycles. The van der Waals surface area contributed by atoms with Crippen molar-refractivity contribution in [1.29, 1.82) is 5.26 Å². The van der Waals surface area contributed by atoms with Gasteiger partial charge in [0.2, 0.25) is 0 Å². The first-order chi connectivity index (χ1) is 10.3. The maximum atomic E-state index is 11.4. The minimum atomic E-state index is -0.717. The maximum absolute atomic E-state index is 11.4. The lowest BCUT2D eigenvalue weighted by Crippen LogP contribution is -2.37. The molecule has 0 aliphatic rings. The minimum Gasteiger partial charge on any atom is -0.493 e. The van der Waals surface area contributed by atoms with E-state index < -0.39 is 17.8 Å². The highest BCUT2D eigenvalue weighted by atomic mass is 16.6. The van der Waals surface area contributed by atoms with Crippen molar-refractivity contribution in [1.82, 2.24) is 5.32 Å². The molecule has 0 spiro atoms. The molecule has 1 aromatic carbocycles. The fraction of sp³-hybridized carbons (Fsp3) is 0.500. The number of benzene rings is 1. The molecule has 1 amide bonds. The van der Waals surface area contributed by atoms with Crippen LogP contribution in [0.2, 0.25) is 0 Å². The molecule has 1 aromatic rings. The third-order valence-corrected chi connectivity index (χ3v) is 2.58. The fourth-order valence-corrected chi connectivity index (χ4v) is 1.56. The lowest BCUT2D eigenvalue weighted by molar-refractivity contribution is 0.0481. The van der Waals surface area contributed by atoms with E-state index in [1.54, 1.807) is 45.0 Å². The van der Waals surface area contributed by atoms with Crippen LogP contribution in [0.5, 0.6) is 5.75 Å². The van der Waals surface area contributed by atoms with E-state index in [9.17, 15) is 9.90 Å². The molecule has 120 valence electrons. The number of ether oxygens (including phenoxy) is 2. The number of aliphatic hydroxyl groups excluding tert-OH is 1. The number of rotatable bonds is 6. The lowest BCUT2D eigenvalue weighted by Gasteiger charge is -2.20. The van der Waals surface area contributed by atoms with Gasteiger partial charge in [0.15, 0.2) is 0 Å². The van der Waals surface area contributed by atoms with Gasteiger partial charge in [-0.15, -0.1) is 0 Å². The number of hydrogen-bond donors (Lipinski definition) is 2. The van der Waals surface area contributed by atoms with Crippen molar-refractivity contribution in [2.45, 2.75) is 38.9 Å². The number of aliphatic hydroxyl groups is 1. The second-order valence-electron chi connectivity index (χ2n) is 5.81. The Morgan fingerprint density at radius 2 is 2.00 bits per heavy atom. The van der Waals surface area contributed by atoms with Crippen LogP contribution in [0.25, 0.3) is 0 Å². The number of carbonyl (C=O) groups excluding carboxylic acids is 1. The van der Waals surface area contributed by atoms with Crippen LogP contribution in [0.4, 0.5) is 4.79 Å². The van der Waals surface area contributed by atoms with Crippen molar-refractivity contribution >= 4 is 6.09 Å². The van der Waals surface area contributed by atoms with Crippen molar-refractivity contribution in [2.24, 2.45) is 0 Å². The summed E-state index contributed by atoms with van der Waals surface area (Å²) in [5.74, 6) is 0.631. The highest BCUT2D eigenvalue weighted by molar-refractivity contribution is 5.67. The zero-order chi connectivity index (χ0) is 16.6. The number of nitrogens with one attached hydrogen (secondary N) is 1. The number of amides is 1. The zero-order valence-corrected chi connectivity index (χ0v) is 13.1. The fourth-order valence-electron chi connectivity index (χ4n) is 1.56. The topological polar surface area (TPSA) is 91.6 Å². The molecule has 2 N–H and O–H groups in total. The second kappa shape index (κ2) is 8.25. The van der Waals surface area contributed by atoms with Gasteiger partial charge in [0, 0.05) is 13.0 Å². The Morgan fingerprint density at radius 1 is 1.36 bits per heavy atom. The van der Waals surface area contributed by atoms with Crippen LogP contribution in [0.1, 0.15) is 32.8 Å². The van der Waals surface area contributed by atoms with Gasteiger partial charge in [0.1, 0.15) is 11.4 Å². The number of carbonyl (C=O) groups is 1. The molecule has 0 fully saturated rings. The third kappa shape index (κ3) is 7.50. The van der Waals surface area contributed by atoms with Gasteiger partial charge >= 0.3 is 6.09 Å². The highest BCUT2D eigenvalue weighted by Gasteiger charge is 2.16. The maximum Gasteiger partial charge on any atom is 0.407 e. The number of hydrogen-bond acceptors (Lipinski definition) is 5. The smallest absolute Gasteiger partial charge is 0.407 e. The van der Waals surface area contributed by atoms with E-state index in [0.717, 1.165) is 0 Å². The second-order valence-corrected chi connectivity index (χ2v) is 5.81. The van der Waals surface area contributed by atoms with E-state index in [1.807, 2.05) is 6.07 Å². The Balaban J connectivity index is 2.21. The predicted octanol–water partition coefficient (Wildman–Crippen LogP) is 2.21. The van der Waals surface area contributed by atoms with Crippen molar-refractivity contribution in [2.75, 3.05) is 13.2 Å². The normalized spacial score (nSPS) is 12.1. The molecule has 0 bridgehead atoms. The average Bonchev–Trinajstić information content (AvgIpc) is 2.44. The molecule has 1 atom stereocenters. The van der Waals surface area contributed by atoms with Gasteiger partial charge in [-0.1, -0.05) is 0 Å². The van der Waals surface area contributed by atoms with Crippen LogP contribution in [-0.2, 0) is 4.74 Å². The molecule has 0 saturated heterocycles. The molecule has 0 aliphatic carbocycles. The molecule has 0 heterocycles. The van der Waals surface area contributed by atoms with Gasteiger partial charge in [0.25, 0.3) is 0 Å². The summed E-state index contributed by atoms with van der Waals surface area (Å²) in [6.07, 6.45) is -0.902. The van der Waals surface area contributed by atoms with E-state index >= 15 is 0 Å². The summed E-state index contributed by atoms with van der Waals surface area (Å²) in [5.41, 5.74) is 0.00207. The van der Waals surface area contributed by atoms with Crippen molar-refractivity contribution in [3.05, 3.63) is 29.8 Å². The Kier molecular flexibility index (Phi) is 6.67. The van der Waals surface area contributed by atoms with Gasteiger partial charge in [0.05, 0.1) is 24.3 Å². The van der Waals surface area contributed by atoms with Gasteiger partial charge in [-0.3, -0.25) is 0 Å². The van der Waals surface area contributed by atoms with Crippen molar-refractivity contribution < 1.29 is 19.4 Å². The standard InChI is InChI=1S/C16H22N2O4/c1-16(2,3)22-15(20)18-11-13(19)8-9-21-14-6-4-12(10-17)5-7-14/h4-7,13,19H,8-9,11H2,1-3H3,(H,18,20). The monoisotopic (exact) mass is 306 g/mol. The first kappa shape index (κ1) is 17.8. The van der Waals surface area contributed by atoms with Crippen LogP contribution in [0, 0.1) is 11.3 Å². The highest BCUT2D eigenvalue weighted by Crippen LogP contribution is 2.12. The van der Waals surface area contributed by atoms with E-state index in [0.29, 0.717) is 24.3 Å². The van der Waals surface area contributed by atoms with Gasteiger partial charge in [-0.2, -0.15) is 5.26 Å². The molecular weight excluding hydrogens is 284 g/mol. The lowest BCUT2D eigenvalue weighted by atomic mass is 10.2. The number of nitriles is 1. The molecule has 0 saturated carbocycles. The molecule has 0 aromatic heterocycles. The summed E-state index contributed by atoms with van der Waals surface area (Å²) in [6, 6.07) is 8.75. The van der Waals surface area contributed by atoms with E-state index in [-0.39, 0.29) is 6.54 Å². The number of alkyl carbamates (subject to hydrolysis) is 1. The minimum absolute atomic E-state index is 0.103. The third-order valence-electron chi connectivity index (χ3n) is 2.58. The Hall–Kier alpha value is -2.26.